The second kappa shape index (κ2) is 3.55. The topological polar surface area (TPSA) is 71.4 Å². The van der Waals surface area contributed by atoms with Crippen molar-refractivity contribution < 1.29 is 22.2 Å². The van der Waals surface area contributed by atoms with Crippen LogP contribution in [0.5, 0.6) is 0 Å². The largest absolute Gasteiger partial charge is 0.481 e. The molecule has 1 fully saturated rings. The molecule has 0 heterocycles. The van der Waals surface area contributed by atoms with Crippen LogP contribution in [-0.2, 0) is 15.0 Å². The lowest BCUT2D eigenvalue weighted by Gasteiger charge is -1.99. The number of benzene rings is 1. The van der Waals surface area contributed by atoms with Crippen LogP contribution in [0.4, 0.5) is 3.89 Å². The summed E-state index contributed by atoms with van der Waals surface area (Å²) in [6.45, 7) is 0. The van der Waals surface area contributed by atoms with Crippen molar-refractivity contribution >= 4 is 16.2 Å². The van der Waals surface area contributed by atoms with E-state index in [4.69, 9.17) is 5.11 Å². The number of hydrogen-bond acceptors (Lipinski definition) is 3. The van der Waals surface area contributed by atoms with Gasteiger partial charge in [-0.05, 0) is 30.0 Å². The summed E-state index contributed by atoms with van der Waals surface area (Å²) in [5.74, 6) is -1.33. The van der Waals surface area contributed by atoms with Gasteiger partial charge in [-0.25, -0.2) is 0 Å². The van der Waals surface area contributed by atoms with E-state index in [0.29, 0.717) is 6.42 Å². The zero-order valence-corrected chi connectivity index (χ0v) is 8.95. The summed E-state index contributed by atoms with van der Waals surface area (Å²) in [5, 5.41) is 8.71. The molecule has 4 nitrogen and oxygen atoms in total. The fourth-order valence-electron chi connectivity index (χ4n) is 1.71. The Labute approximate surface area is 91.9 Å². The van der Waals surface area contributed by atoms with Gasteiger partial charge in [-0.15, -0.1) is 3.89 Å². The lowest BCUT2D eigenvalue weighted by atomic mass is 10.1. The van der Waals surface area contributed by atoms with E-state index in [1.54, 1.807) is 0 Å². The number of carboxylic acids is 1. The van der Waals surface area contributed by atoms with Gasteiger partial charge in [0.2, 0.25) is 0 Å². The zero-order chi connectivity index (χ0) is 11.9. The van der Waals surface area contributed by atoms with Crippen molar-refractivity contribution in [2.24, 2.45) is 5.92 Å². The van der Waals surface area contributed by atoms with Crippen LogP contribution in [0.25, 0.3) is 0 Å². The second-order valence-corrected chi connectivity index (χ2v) is 5.14. The Morgan fingerprint density at radius 3 is 2.25 bits per heavy atom. The van der Waals surface area contributed by atoms with Crippen LogP contribution >= 0.6 is 0 Å². The van der Waals surface area contributed by atoms with E-state index >= 15 is 0 Å². The predicted molar refractivity (Wildman–Crippen MR) is 53.2 cm³/mol. The number of carboxylic acid groups (broad SMARTS) is 1. The zero-order valence-electron chi connectivity index (χ0n) is 8.13. The summed E-state index contributed by atoms with van der Waals surface area (Å²) in [7, 11) is -4.67. The quantitative estimate of drug-likeness (QED) is 0.818. The van der Waals surface area contributed by atoms with Crippen molar-refractivity contribution in [2.75, 3.05) is 0 Å². The van der Waals surface area contributed by atoms with E-state index in [2.05, 4.69) is 0 Å². The second-order valence-electron chi connectivity index (χ2n) is 3.79. The first-order chi connectivity index (χ1) is 7.39. The molecule has 1 aliphatic carbocycles. The molecular weight excluding hydrogens is 235 g/mol. The van der Waals surface area contributed by atoms with Crippen LogP contribution in [0, 0.1) is 5.92 Å². The Morgan fingerprint density at radius 2 is 1.88 bits per heavy atom. The fourth-order valence-corrected chi connectivity index (χ4v) is 2.18. The molecule has 0 radical (unpaired) electrons. The molecule has 1 aromatic carbocycles. The first-order valence-electron chi connectivity index (χ1n) is 4.67. The first kappa shape index (κ1) is 11.1. The molecule has 1 aromatic rings. The Kier molecular flexibility index (Phi) is 2.46. The fraction of sp³-hybridized carbons (Fsp3) is 0.300. The van der Waals surface area contributed by atoms with Crippen molar-refractivity contribution in [1.82, 2.24) is 0 Å². The van der Waals surface area contributed by atoms with Crippen LogP contribution in [-0.4, -0.2) is 19.5 Å². The van der Waals surface area contributed by atoms with Gasteiger partial charge in [0.15, 0.2) is 0 Å². The number of carbonyl (C=O) groups is 1. The van der Waals surface area contributed by atoms with Crippen molar-refractivity contribution in [3.05, 3.63) is 29.8 Å². The molecule has 86 valence electrons. The highest BCUT2D eigenvalue weighted by atomic mass is 32.3. The summed E-state index contributed by atoms with van der Waals surface area (Å²) in [5.41, 5.74) is 0.736. The summed E-state index contributed by atoms with van der Waals surface area (Å²) < 4.78 is 33.6. The maximum atomic E-state index is 12.6. The average molecular weight is 244 g/mol. The SMILES string of the molecule is O=C(O)[C@H]1C[C@@H]1c1ccc(S(=O)(=O)F)cc1. The number of aliphatic carboxylic acids is 1. The molecule has 0 spiro atoms. The standard InChI is InChI=1S/C10H9FO4S/c11-16(14,15)7-3-1-6(2-4-7)8-5-9(8)10(12)13/h1-4,8-9H,5H2,(H,12,13)/t8-,9+/m1/s1. The average Bonchev–Trinajstić information content (AvgIpc) is 2.96. The van der Waals surface area contributed by atoms with Crippen molar-refractivity contribution in [2.45, 2.75) is 17.2 Å². The number of halogens is 1. The molecule has 1 saturated carbocycles. The van der Waals surface area contributed by atoms with E-state index in [1.807, 2.05) is 0 Å². The van der Waals surface area contributed by atoms with E-state index in [0.717, 1.165) is 17.7 Å². The highest BCUT2D eigenvalue weighted by Gasteiger charge is 2.44. The van der Waals surface area contributed by atoms with Crippen LogP contribution in [0.2, 0.25) is 0 Å². The van der Waals surface area contributed by atoms with Gasteiger partial charge >= 0.3 is 16.2 Å². The van der Waals surface area contributed by atoms with Gasteiger partial charge in [-0.3, -0.25) is 4.79 Å². The molecule has 16 heavy (non-hydrogen) atoms. The lowest BCUT2D eigenvalue weighted by Crippen LogP contribution is -1.99. The number of rotatable bonds is 3. The molecule has 0 aromatic heterocycles. The van der Waals surface area contributed by atoms with Crippen LogP contribution in [0.3, 0.4) is 0 Å². The minimum absolute atomic E-state index is 0.0751. The van der Waals surface area contributed by atoms with Gasteiger partial charge in [0, 0.05) is 0 Å². The monoisotopic (exact) mass is 244 g/mol. The first-order valence-corrected chi connectivity index (χ1v) is 6.05. The van der Waals surface area contributed by atoms with Crippen molar-refractivity contribution in [3.63, 3.8) is 0 Å². The minimum atomic E-state index is -4.67. The molecule has 2 rings (SSSR count). The van der Waals surface area contributed by atoms with Gasteiger partial charge in [-0.2, -0.15) is 8.42 Å². The molecule has 1 N–H and O–H groups in total. The van der Waals surface area contributed by atoms with Crippen molar-refractivity contribution in [3.8, 4) is 0 Å². The van der Waals surface area contributed by atoms with Gasteiger partial charge in [0.05, 0.1) is 10.8 Å². The highest BCUT2D eigenvalue weighted by molar-refractivity contribution is 7.86. The molecule has 0 saturated heterocycles. The van der Waals surface area contributed by atoms with E-state index < -0.39 is 27.0 Å². The van der Waals surface area contributed by atoms with E-state index in [-0.39, 0.29) is 5.92 Å². The Hall–Kier alpha value is -1.43. The highest BCUT2D eigenvalue weighted by Crippen LogP contribution is 2.47. The Morgan fingerprint density at radius 1 is 1.31 bits per heavy atom. The summed E-state index contributed by atoms with van der Waals surface area (Å²) in [6.07, 6.45) is 0.553. The van der Waals surface area contributed by atoms with Gasteiger partial charge in [0.25, 0.3) is 0 Å². The molecule has 0 unspecified atom stereocenters. The van der Waals surface area contributed by atoms with E-state index in [1.165, 1.54) is 12.1 Å². The Balaban J connectivity index is 2.19. The molecule has 2 atom stereocenters. The molecule has 0 amide bonds. The smallest absolute Gasteiger partial charge is 0.332 e. The molecule has 6 heteroatoms. The molecule has 1 aliphatic rings. The third-order valence-electron chi connectivity index (χ3n) is 2.70. The van der Waals surface area contributed by atoms with Crippen LogP contribution < -0.4 is 0 Å². The lowest BCUT2D eigenvalue weighted by molar-refractivity contribution is -0.138. The number of hydrogen-bond donors (Lipinski definition) is 1. The molecule has 0 bridgehead atoms. The summed E-state index contributed by atoms with van der Waals surface area (Å²) in [4.78, 5) is 10.2. The Bertz CT molecular complexity index is 520. The minimum Gasteiger partial charge on any atom is -0.481 e. The summed E-state index contributed by atoms with van der Waals surface area (Å²) >= 11 is 0. The van der Waals surface area contributed by atoms with E-state index in [9.17, 15) is 17.1 Å². The van der Waals surface area contributed by atoms with Gasteiger partial charge in [-0.1, -0.05) is 12.1 Å². The predicted octanol–water partition coefficient (Wildman–Crippen LogP) is 1.53. The summed E-state index contributed by atoms with van der Waals surface area (Å²) in [6, 6.07) is 5.23. The van der Waals surface area contributed by atoms with Gasteiger partial charge < -0.3 is 5.11 Å². The van der Waals surface area contributed by atoms with Gasteiger partial charge in [0.1, 0.15) is 0 Å². The third kappa shape index (κ3) is 2.06. The maximum absolute atomic E-state index is 12.6. The normalized spacial score (nSPS) is 24.1. The maximum Gasteiger partial charge on any atom is 0.332 e. The molecule has 0 aliphatic heterocycles. The van der Waals surface area contributed by atoms with Crippen LogP contribution in [0.15, 0.2) is 29.2 Å². The molecular formula is C10H9FO4S. The van der Waals surface area contributed by atoms with Crippen LogP contribution in [0.1, 0.15) is 17.9 Å². The third-order valence-corrected chi connectivity index (χ3v) is 3.53. The van der Waals surface area contributed by atoms with Crippen molar-refractivity contribution in [1.29, 1.82) is 0 Å².